The number of ketones is 1. The Morgan fingerprint density at radius 3 is 2.35 bits per heavy atom. The van der Waals surface area contributed by atoms with Crippen molar-refractivity contribution >= 4 is 5.78 Å². The molecule has 108 valence electrons. The molecule has 1 aromatic carbocycles. The van der Waals surface area contributed by atoms with E-state index in [9.17, 15) is 9.90 Å². The number of hydrogen-bond acceptors (Lipinski definition) is 3. The molecule has 20 heavy (non-hydrogen) atoms. The Bertz CT molecular complexity index is 482. The van der Waals surface area contributed by atoms with Crippen molar-refractivity contribution in [2.75, 3.05) is 13.6 Å². The van der Waals surface area contributed by atoms with Crippen LogP contribution >= 0.6 is 0 Å². The number of rotatable bonds is 5. The van der Waals surface area contributed by atoms with Crippen LogP contribution < -0.4 is 0 Å². The average Bonchev–Trinajstić information content (AvgIpc) is 2.38. The third kappa shape index (κ3) is 3.93. The largest absolute Gasteiger partial charge is 0.383 e. The maximum absolute atomic E-state index is 12.4. The fourth-order valence-corrected chi connectivity index (χ4v) is 2.16. The molecule has 1 aromatic rings. The van der Waals surface area contributed by atoms with Crippen molar-refractivity contribution in [2.45, 2.75) is 32.9 Å². The summed E-state index contributed by atoms with van der Waals surface area (Å²) in [5.41, 5.74) is 0.291. The second-order valence-corrected chi connectivity index (χ2v) is 6.03. The number of terminal acetylenes is 1. The fourth-order valence-electron chi connectivity index (χ4n) is 2.16. The topological polar surface area (TPSA) is 40.5 Å². The lowest BCUT2D eigenvalue weighted by Crippen LogP contribution is -2.43. The standard InChI is InChI=1S/C17H23NO2/c1-6-12-18(5)14(13-10-8-7-9-11-13)15(19)16(20)17(2,3)4/h1,7-11,14-15,19H,12H2,2-5H3. The van der Waals surface area contributed by atoms with Crippen molar-refractivity contribution < 1.29 is 9.90 Å². The quantitative estimate of drug-likeness (QED) is 0.837. The summed E-state index contributed by atoms with van der Waals surface area (Å²) >= 11 is 0. The van der Waals surface area contributed by atoms with Gasteiger partial charge in [-0.3, -0.25) is 9.69 Å². The van der Waals surface area contributed by atoms with E-state index in [2.05, 4.69) is 5.92 Å². The third-order valence-corrected chi connectivity index (χ3v) is 3.26. The van der Waals surface area contributed by atoms with Crippen molar-refractivity contribution in [1.29, 1.82) is 0 Å². The number of aliphatic hydroxyl groups excluding tert-OH is 1. The molecule has 0 spiro atoms. The van der Waals surface area contributed by atoms with Crippen LogP contribution in [0.2, 0.25) is 0 Å². The molecule has 2 unspecified atom stereocenters. The van der Waals surface area contributed by atoms with Crippen LogP contribution in [0.5, 0.6) is 0 Å². The average molecular weight is 273 g/mol. The van der Waals surface area contributed by atoms with Gasteiger partial charge in [-0.1, -0.05) is 57.0 Å². The molecule has 3 nitrogen and oxygen atoms in total. The lowest BCUT2D eigenvalue weighted by molar-refractivity contribution is -0.138. The predicted molar refractivity (Wildman–Crippen MR) is 81.1 cm³/mol. The molecular formula is C17H23NO2. The van der Waals surface area contributed by atoms with Crippen LogP contribution in [0.25, 0.3) is 0 Å². The summed E-state index contributed by atoms with van der Waals surface area (Å²) < 4.78 is 0. The number of carbonyl (C=O) groups is 1. The third-order valence-electron chi connectivity index (χ3n) is 3.26. The molecular weight excluding hydrogens is 250 g/mol. The first-order valence-electron chi connectivity index (χ1n) is 6.70. The molecule has 0 aliphatic rings. The molecule has 0 bridgehead atoms. The summed E-state index contributed by atoms with van der Waals surface area (Å²) in [7, 11) is 1.82. The Kier molecular flexibility index (Phi) is 5.50. The highest BCUT2D eigenvalue weighted by atomic mass is 16.3. The van der Waals surface area contributed by atoms with E-state index >= 15 is 0 Å². The first-order chi connectivity index (χ1) is 9.29. The number of aliphatic hydroxyl groups is 1. The van der Waals surface area contributed by atoms with E-state index in [0.29, 0.717) is 6.54 Å². The lowest BCUT2D eigenvalue weighted by atomic mass is 9.83. The zero-order valence-electron chi connectivity index (χ0n) is 12.6. The highest BCUT2D eigenvalue weighted by Gasteiger charge is 2.36. The van der Waals surface area contributed by atoms with Crippen LogP contribution in [0.4, 0.5) is 0 Å². The first-order valence-corrected chi connectivity index (χ1v) is 6.70. The molecule has 0 radical (unpaired) electrons. The zero-order valence-corrected chi connectivity index (χ0v) is 12.6. The van der Waals surface area contributed by atoms with Crippen molar-refractivity contribution in [3.05, 3.63) is 35.9 Å². The van der Waals surface area contributed by atoms with Gasteiger partial charge in [-0.2, -0.15) is 0 Å². The minimum Gasteiger partial charge on any atom is -0.383 e. The van der Waals surface area contributed by atoms with E-state index in [0.717, 1.165) is 5.56 Å². The van der Waals surface area contributed by atoms with E-state index in [1.807, 2.05) is 63.1 Å². The minimum atomic E-state index is -1.10. The first kappa shape index (κ1) is 16.4. The summed E-state index contributed by atoms with van der Waals surface area (Å²) in [5.74, 6) is 2.37. The predicted octanol–water partition coefficient (Wildman–Crippen LogP) is 2.27. The molecule has 0 aromatic heterocycles. The fraction of sp³-hybridized carbons (Fsp3) is 0.471. The van der Waals surface area contributed by atoms with Gasteiger partial charge < -0.3 is 5.11 Å². The lowest BCUT2D eigenvalue weighted by Gasteiger charge is -2.33. The van der Waals surface area contributed by atoms with E-state index in [4.69, 9.17) is 6.42 Å². The minimum absolute atomic E-state index is 0.185. The number of nitrogens with zero attached hydrogens (tertiary/aromatic N) is 1. The van der Waals surface area contributed by atoms with E-state index in [-0.39, 0.29) is 5.78 Å². The van der Waals surface area contributed by atoms with Crippen LogP contribution in [-0.2, 0) is 4.79 Å². The van der Waals surface area contributed by atoms with Crippen LogP contribution in [0.3, 0.4) is 0 Å². The number of Topliss-reactive ketones (excluding diaryl/α,β-unsaturated/α-hetero) is 1. The Hall–Kier alpha value is -1.63. The van der Waals surface area contributed by atoms with Gasteiger partial charge in [0, 0.05) is 5.41 Å². The van der Waals surface area contributed by atoms with Crippen LogP contribution in [-0.4, -0.2) is 35.5 Å². The molecule has 3 heteroatoms. The smallest absolute Gasteiger partial charge is 0.168 e. The van der Waals surface area contributed by atoms with Gasteiger partial charge in [0.15, 0.2) is 5.78 Å². The SMILES string of the molecule is C#CCN(C)C(c1ccccc1)C(O)C(=O)C(C)(C)C. The van der Waals surface area contributed by atoms with Gasteiger partial charge in [0.05, 0.1) is 12.6 Å². The highest BCUT2D eigenvalue weighted by molar-refractivity contribution is 5.88. The van der Waals surface area contributed by atoms with E-state index in [1.54, 1.807) is 0 Å². The van der Waals surface area contributed by atoms with Gasteiger partial charge in [0.25, 0.3) is 0 Å². The molecule has 2 atom stereocenters. The summed E-state index contributed by atoms with van der Waals surface area (Å²) in [5, 5.41) is 10.5. The highest BCUT2D eigenvalue weighted by Crippen LogP contribution is 2.28. The Morgan fingerprint density at radius 2 is 1.90 bits per heavy atom. The maximum Gasteiger partial charge on any atom is 0.168 e. The molecule has 1 N–H and O–H groups in total. The number of hydrogen-bond donors (Lipinski definition) is 1. The second kappa shape index (κ2) is 6.69. The van der Waals surface area contributed by atoms with Crippen molar-refractivity contribution in [3.8, 4) is 12.3 Å². The Balaban J connectivity index is 3.12. The van der Waals surface area contributed by atoms with Gasteiger partial charge in [-0.15, -0.1) is 6.42 Å². The van der Waals surface area contributed by atoms with Crippen LogP contribution in [0.15, 0.2) is 30.3 Å². The monoisotopic (exact) mass is 273 g/mol. The summed E-state index contributed by atoms with van der Waals surface area (Å²) in [6, 6.07) is 9.05. The number of benzene rings is 1. The normalized spacial score (nSPS) is 14.7. The van der Waals surface area contributed by atoms with Gasteiger partial charge in [0.2, 0.25) is 0 Å². The molecule has 0 aliphatic heterocycles. The molecule has 0 saturated carbocycles. The number of likely N-dealkylation sites (N-methyl/N-ethyl adjacent to an activating group) is 1. The van der Waals surface area contributed by atoms with E-state index in [1.165, 1.54) is 0 Å². The molecule has 0 saturated heterocycles. The summed E-state index contributed by atoms with van der Waals surface area (Å²) in [6.45, 7) is 5.79. The van der Waals surface area contributed by atoms with Gasteiger partial charge in [-0.25, -0.2) is 0 Å². The zero-order chi connectivity index (χ0) is 15.3. The van der Waals surface area contributed by atoms with Crippen molar-refractivity contribution in [3.63, 3.8) is 0 Å². The molecule has 0 amide bonds. The van der Waals surface area contributed by atoms with Crippen LogP contribution in [0, 0.1) is 17.8 Å². The molecule has 1 rings (SSSR count). The second-order valence-electron chi connectivity index (χ2n) is 6.03. The Labute approximate surface area is 121 Å². The molecule has 0 fully saturated rings. The number of carbonyl (C=O) groups excluding carboxylic acids is 1. The molecule has 0 aliphatic carbocycles. The summed E-state index contributed by atoms with van der Waals surface area (Å²) in [4.78, 5) is 14.2. The van der Waals surface area contributed by atoms with Gasteiger partial charge >= 0.3 is 0 Å². The van der Waals surface area contributed by atoms with Crippen LogP contribution in [0.1, 0.15) is 32.4 Å². The summed E-state index contributed by atoms with van der Waals surface area (Å²) in [6.07, 6.45) is 4.25. The van der Waals surface area contributed by atoms with E-state index < -0.39 is 17.6 Å². The van der Waals surface area contributed by atoms with Crippen molar-refractivity contribution in [1.82, 2.24) is 4.90 Å². The van der Waals surface area contributed by atoms with Gasteiger partial charge in [0.1, 0.15) is 6.10 Å². The Morgan fingerprint density at radius 1 is 1.35 bits per heavy atom. The molecule has 0 heterocycles. The van der Waals surface area contributed by atoms with Gasteiger partial charge in [-0.05, 0) is 12.6 Å². The maximum atomic E-state index is 12.4. The van der Waals surface area contributed by atoms with Crippen molar-refractivity contribution in [2.24, 2.45) is 5.41 Å².